The van der Waals surface area contributed by atoms with E-state index in [0.29, 0.717) is 16.8 Å². The third-order valence-corrected chi connectivity index (χ3v) is 4.08. The average Bonchev–Trinajstić information content (AvgIpc) is 3.22. The SMILES string of the molecule is Cc1nscc1C(=O)NC(C#N)c1cnn(-c2ccccc2)c1. The zero-order chi connectivity index (χ0) is 16.2. The van der Waals surface area contributed by atoms with Crippen LogP contribution >= 0.6 is 11.5 Å². The average molecular weight is 323 g/mol. The Morgan fingerprint density at radius 3 is 2.83 bits per heavy atom. The number of hydrogen-bond acceptors (Lipinski definition) is 5. The first-order valence-corrected chi connectivity index (χ1v) is 7.74. The summed E-state index contributed by atoms with van der Waals surface area (Å²) >= 11 is 1.22. The van der Waals surface area contributed by atoms with Crippen LogP contribution in [0, 0.1) is 18.3 Å². The number of hydrogen-bond donors (Lipinski definition) is 1. The van der Waals surface area contributed by atoms with Gasteiger partial charge in [0.2, 0.25) is 0 Å². The predicted octanol–water partition coefficient (Wildman–Crippen LogP) is 2.63. The van der Waals surface area contributed by atoms with Crippen molar-refractivity contribution >= 4 is 17.4 Å². The van der Waals surface area contributed by atoms with E-state index in [0.717, 1.165) is 5.69 Å². The number of carbonyl (C=O) groups excluding carboxylic acids is 1. The van der Waals surface area contributed by atoms with E-state index in [1.807, 2.05) is 30.3 Å². The van der Waals surface area contributed by atoms with Gasteiger partial charge in [-0.3, -0.25) is 4.79 Å². The third kappa shape index (κ3) is 3.12. The zero-order valence-electron chi connectivity index (χ0n) is 12.3. The first-order chi connectivity index (χ1) is 11.2. The molecule has 0 aliphatic carbocycles. The summed E-state index contributed by atoms with van der Waals surface area (Å²) in [7, 11) is 0. The highest BCUT2D eigenvalue weighted by Gasteiger charge is 2.19. The van der Waals surface area contributed by atoms with Gasteiger partial charge in [-0.15, -0.1) is 0 Å². The molecule has 1 unspecified atom stereocenters. The number of nitrogens with one attached hydrogen (secondary N) is 1. The summed E-state index contributed by atoms with van der Waals surface area (Å²) in [5.74, 6) is -0.310. The van der Waals surface area contributed by atoms with Gasteiger partial charge in [0.25, 0.3) is 5.91 Å². The number of aryl methyl sites for hydroxylation is 1. The van der Waals surface area contributed by atoms with Crippen molar-refractivity contribution in [2.75, 3.05) is 0 Å². The van der Waals surface area contributed by atoms with Crippen LogP contribution in [0.15, 0.2) is 48.1 Å². The number of nitriles is 1. The second-order valence-electron chi connectivity index (χ2n) is 4.90. The molecule has 1 aromatic carbocycles. The van der Waals surface area contributed by atoms with Crippen LogP contribution in [0.1, 0.15) is 27.7 Å². The van der Waals surface area contributed by atoms with Crippen LogP contribution in [0.5, 0.6) is 0 Å². The molecule has 23 heavy (non-hydrogen) atoms. The first kappa shape index (κ1) is 14.9. The topological polar surface area (TPSA) is 83.6 Å². The Morgan fingerprint density at radius 1 is 1.39 bits per heavy atom. The number of aromatic nitrogens is 3. The molecule has 0 aliphatic rings. The van der Waals surface area contributed by atoms with E-state index in [-0.39, 0.29) is 5.91 Å². The molecule has 2 heterocycles. The van der Waals surface area contributed by atoms with Gasteiger partial charge in [-0.2, -0.15) is 14.7 Å². The third-order valence-electron chi connectivity index (χ3n) is 3.36. The second kappa shape index (κ2) is 6.42. The molecular formula is C16H13N5OS. The van der Waals surface area contributed by atoms with Gasteiger partial charge in [0.15, 0.2) is 0 Å². The second-order valence-corrected chi connectivity index (χ2v) is 5.53. The summed E-state index contributed by atoms with van der Waals surface area (Å²) in [6.07, 6.45) is 3.32. The number of para-hydroxylation sites is 1. The van der Waals surface area contributed by atoms with E-state index in [1.54, 1.807) is 29.4 Å². The summed E-state index contributed by atoms with van der Waals surface area (Å²) in [5.41, 5.74) is 2.67. The Hall–Kier alpha value is -2.98. The molecule has 0 saturated heterocycles. The van der Waals surface area contributed by atoms with Gasteiger partial charge in [0, 0.05) is 17.1 Å². The van der Waals surface area contributed by atoms with Crippen LogP contribution in [0.25, 0.3) is 5.69 Å². The lowest BCUT2D eigenvalue weighted by Crippen LogP contribution is -2.27. The Bertz CT molecular complexity index is 862. The first-order valence-electron chi connectivity index (χ1n) is 6.90. The lowest BCUT2D eigenvalue weighted by Gasteiger charge is -2.09. The van der Waals surface area contributed by atoms with Crippen LogP contribution in [0.4, 0.5) is 0 Å². The van der Waals surface area contributed by atoms with Gasteiger partial charge >= 0.3 is 0 Å². The molecule has 7 heteroatoms. The van der Waals surface area contributed by atoms with Crippen LogP contribution in [0.3, 0.4) is 0 Å². The van der Waals surface area contributed by atoms with Crippen molar-refractivity contribution in [2.24, 2.45) is 0 Å². The molecule has 1 amide bonds. The van der Waals surface area contributed by atoms with Gasteiger partial charge < -0.3 is 5.32 Å². The molecule has 114 valence electrons. The van der Waals surface area contributed by atoms with E-state index in [9.17, 15) is 10.1 Å². The van der Waals surface area contributed by atoms with Gasteiger partial charge in [-0.1, -0.05) is 18.2 Å². The molecule has 6 nitrogen and oxygen atoms in total. The van der Waals surface area contributed by atoms with E-state index >= 15 is 0 Å². The predicted molar refractivity (Wildman–Crippen MR) is 86.2 cm³/mol. The van der Waals surface area contributed by atoms with E-state index in [4.69, 9.17) is 0 Å². The zero-order valence-corrected chi connectivity index (χ0v) is 13.1. The monoisotopic (exact) mass is 323 g/mol. The molecule has 2 aromatic heterocycles. The van der Waals surface area contributed by atoms with Gasteiger partial charge in [0.05, 0.1) is 29.2 Å². The van der Waals surface area contributed by atoms with Gasteiger partial charge in [0.1, 0.15) is 6.04 Å². The lowest BCUT2D eigenvalue weighted by atomic mass is 10.1. The maximum absolute atomic E-state index is 12.2. The maximum Gasteiger partial charge on any atom is 0.255 e. The van der Waals surface area contributed by atoms with E-state index in [2.05, 4.69) is 20.9 Å². The number of rotatable bonds is 4. The van der Waals surface area contributed by atoms with Crippen molar-refractivity contribution in [3.8, 4) is 11.8 Å². The maximum atomic E-state index is 12.2. The van der Waals surface area contributed by atoms with Crippen LogP contribution in [-0.2, 0) is 0 Å². The molecule has 0 radical (unpaired) electrons. The minimum Gasteiger partial charge on any atom is -0.332 e. The largest absolute Gasteiger partial charge is 0.332 e. The van der Waals surface area contributed by atoms with Crippen molar-refractivity contribution in [1.29, 1.82) is 5.26 Å². The van der Waals surface area contributed by atoms with Crippen LogP contribution < -0.4 is 5.32 Å². The smallest absolute Gasteiger partial charge is 0.255 e. The fourth-order valence-corrected chi connectivity index (χ4v) is 2.81. The Morgan fingerprint density at radius 2 is 2.17 bits per heavy atom. The highest BCUT2D eigenvalue weighted by atomic mass is 32.1. The Labute approximate surface area is 137 Å². The molecule has 3 aromatic rings. The minimum absolute atomic E-state index is 0.310. The van der Waals surface area contributed by atoms with Crippen LogP contribution in [0.2, 0.25) is 0 Å². The summed E-state index contributed by atoms with van der Waals surface area (Å²) in [6.45, 7) is 1.76. The molecule has 0 saturated carbocycles. The van der Waals surface area contributed by atoms with Crippen molar-refractivity contribution in [1.82, 2.24) is 19.5 Å². The van der Waals surface area contributed by atoms with Crippen molar-refractivity contribution < 1.29 is 4.79 Å². The fourth-order valence-electron chi connectivity index (χ4n) is 2.12. The quantitative estimate of drug-likeness (QED) is 0.800. The highest BCUT2D eigenvalue weighted by Crippen LogP contribution is 2.16. The molecule has 1 N–H and O–H groups in total. The van der Waals surface area contributed by atoms with E-state index in [1.165, 1.54) is 11.5 Å². The van der Waals surface area contributed by atoms with E-state index < -0.39 is 6.04 Å². The molecule has 1 atom stereocenters. The minimum atomic E-state index is -0.765. The number of nitrogens with zero attached hydrogens (tertiary/aromatic N) is 4. The fraction of sp³-hybridized carbons (Fsp3) is 0.125. The molecule has 0 bridgehead atoms. The Kier molecular flexibility index (Phi) is 4.17. The number of carbonyl (C=O) groups is 1. The van der Waals surface area contributed by atoms with Crippen molar-refractivity contribution in [2.45, 2.75) is 13.0 Å². The van der Waals surface area contributed by atoms with Crippen molar-refractivity contribution in [3.63, 3.8) is 0 Å². The summed E-state index contributed by atoms with van der Waals surface area (Å²) in [4.78, 5) is 12.2. The number of amides is 1. The molecule has 0 spiro atoms. The summed E-state index contributed by atoms with van der Waals surface area (Å²) in [5, 5.41) is 18.0. The standard InChI is InChI=1S/C16H13N5OS/c1-11-14(10-23-20-11)16(22)19-15(7-17)12-8-18-21(9-12)13-5-3-2-4-6-13/h2-6,8-10,15H,1H3,(H,19,22). The highest BCUT2D eigenvalue weighted by molar-refractivity contribution is 7.03. The molecule has 3 rings (SSSR count). The molecular weight excluding hydrogens is 310 g/mol. The van der Waals surface area contributed by atoms with Gasteiger partial charge in [-0.05, 0) is 30.6 Å². The normalized spacial score (nSPS) is 11.7. The van der Waals surface area contributed by atoms with Crippen LogP contribution in [-0.4, -0.2) is 20.1 Å². The lowest BCUT2D eigenvalue weighted by molar-refractivity contribution is 0.0945. The Balaban J connectivity index is 1.80. The summed E-state index contributed by atoms with van der Waals surface area (Å²) < 4.78 is 5.74. The molecule has 0 fully saturated rings. The van der Waals surface area contributed by atoms with Gasteiger partial charge in [-0.25, -0.2) is 4.68 Å². The molecule has 0 aliphatic heterocycles. The summed E-state index contributed by atoms with van der Waals surface area (Å²) in [6, 6.07) is 10.9. The van der Waals surface area contributed by atoms with Crippen molar-refractivity contribution in [3.05, 3.63) is 64.9 Å². The number of benzene rings is 1.